The lowest BCUT2D eigenvalue weighted by Crippen LogP contribution is -2.23. The minimum Gasteiger partial charge on any atom is -0.382 e. The van der Waals surface area contributed by atoms with Gasteiger partial charge < -0.3 is 5.32 Å². The van der Waals surface area contributed by atoms with E-state index < -0.39 is 5.82 Å². The van der Waals surface area contributed by atoms with Gasteiger partial charge in [-0.15, -0.1) is 0 Å². The molecule has 0 aliphatic carbocycles. The first kappa shape index (κ1) is 13.6. The molecule has 0 aliphatic rings. The molecule has 2 unspecified atom stereocenters. The summed E-state index contributed by atoms with van der Waals surface area (Å²) in [6, 6.07) is 3.41. The van der Waals surface area contributed by atoms with E-state index >= 15 is 0 Å². The number of hydrogen-bond acceptors (Lipinski definition) is 1. The van der Waals surface area contributed by atoms with Crippen LogP contribution in [0.1, 0.15) is 27.2 Å². The van der Waals surface area contributed by atoms with Gasteiger partial charge in [0, 0.05) is 11.7 Å². The molecular weight excluding hydrogens is 248 g/mol. The molecule has 0 fully saturated rings. The molecule has 2 atom stereocenters. The maximum Gasteiger partial charge on any atom is 0.160 e. The Kier molecular flexibility index (Phi) is 4.88. The zero-order valence-electron chi connectivity index (χ0n) is 9.65. The third-order valence-corrected chi connectivity index (χ3v) is 3.43. The van der Waals surface area contributed by atoms with Crippen molar-refractivity contribution in [2.24, 2.45) is 5.92 Å². The van der Waals surface area contributed by atoms with Crippen molar-refractivity contribution in [3.63, 3.8) is 0 Å². The number of hydrogen-bond donors (Lipinski definition) is 1. The van der Waals surface area contributed by atoms with Crippen LogP contribution < -0.4 is 5.32 Å². The highest BCUT2D eigenvalue weighted by atomic mass is 35.5. The molecule has 1 aromatic carbocycles. The highest BCUT2D eigenvalue weighted by molar-refractivity contribution is 6.35. The summed E-state index contributed by atoms with van der Waals surface area (Å²) in [5.41, 5.74) is 0.754. The first-order valence-corrected chi connectivity index (χ1v) is 6.12. The SMILES string of the molecule is CCC(C)C(C)Nc1cc(Cl)c(F)c(Cl)c1. The van der Waals surface area contributed by atoms with Crippen LogP contribution in [-0.2, 0) is 0 Å². The maximum absolute atomic E-state index is 13.2. The molecule has 0 heterocycles. The minimum absolute atomic E-state index is 0.0475. The minimum atomic E-state index is -0.565. The molecule has 0 amide bonds. The molecule has 0 aliphatic heterocycles. The van der Waals surface area contributed by atoms with Crippen molar-refractivity contribution in [3.8, 4) is 0 Å². The zero-order valence-corrected chi connectivity index (χ0v) is 11.2. The first-order valence-electron chi connectivity index (χ1n) is 5.36. The number of benzene rings is 1. The van der Waals surface area contributed by atoms with Gasteiger partial charge in [0.25, 0.3) is 0 Å². The van der Waals surface area contributed by atoms with E-state index in [1.165, 1.54) is 0 Å². The number of nitrogens with one attached hydrogen (secondary N) is 1. The van der Waals surface area contributed by atoms with Crippen molar-refractivity contribution in [2.75, 3.05) is 5.32 Å². The highest BCUT2D eigenvalue weighted by Crippen LogP contribution is 2.28. The van der Waals surface area contributed by atoms with Crippen LogP contribution in [0.2, 0.25) is 10.0 Å². The van der Waals surface area contributed by atoms with Gasteiger partial charge >= 0.3 is 0 Å². The fourth-order valence-electron chi connectivity index (χ4n) is 1.40. The predicted molar refractivity (Wildman–Crippen MR) is 69.0 cm³/mol. The molecule has 16 heavy (non-hydrogen) atoms. The number of halogens is 3. The predicted octanol–water partition coefficient (Wildman–Crippen LogP) is 4.98. The molecule has 4 heteroatoms. The van der Waals surface area contributed by atoms with Crippen LogP contribution in [0.25, 0.3) is 0 Å². The van der Waals surface area contributed by atoms with Gasteiger partial charge in [0.2, 0.25) is 0 Å². The molecular formula is C12H16Cl2FN. The van der Waals surface area contributed by atoms with Crippen LogP contribution in [0.15, 0.2) is 12.1 Å². The molecule has 0 radical (unpaired) electrons. The first-order chi connectivity index (χ1) is 7.45. The summed E-state index contributed by atoms with van der Waals surface area (Å²) in [6.07, 6.45) is 1.08. The normalized spacial score (nSPS) is 14.6. The molecule has 90 valence electrons. The van der Waals surface area contributed by atoms with Gasteiger partial charge in [-0.2, -0.15) is 0 Å². The third kappa shape index (κ3) is 3.26. The van der Waals surface area contributed by atoms with E-state index in [9.17, 15) is 4.39 Å². The Labute approximate surface area is 106 Å². The van der Waals surface area contributed by atoms with E-state index in [0.717, 1.165) is 12.1 Å². The Morgan fingerprint density at radius 2 is 1.75 bits per heavy atom. The lowest BCUT2D eigenvalue weighted by atomic mass is 10.0. The van der Waals surface area contributed by atoms with Gasteiger partial charge in [0.15, 0.2) is 5.82 Å². The summed E-state index contributed by atoms with van der Waals surface area (Å²) >= 11 is 11.4. The second kappa shape index (κ2) is 5.74. The van der Waals surface area contributed by atoms with E-state index in [2.05, 4.69) is 26.1 Å². The summed E-state index contributed by atoms with van der Waals surface area (Å²) in [6.45, 7) is 6.37. The van der Waals surface area contributed by atoms with Gasteiger partial charge in [-0.05, 0) is 25.0 Å². The van der Waals surface area contributed by atoms with Crippen molar-refractivity contribution in [1.29, 1.82) is 0 Å². The summed E-state index contributed by atoms with van der Waals surface area (Å²) in [5.74, 6) is -0.0346. The number of rotatable bonds is 4. The van der Waals surface area contributed by atoms with Crippen LogP contribution in [0, 0.1) is 11.7 Å². The molecule has 0 aromatic heterocycles. The van der Waals surface area contributed by atoms with Gasteiger partial charge in [-0.25, -0.2) is 4.39 Å². The third-order valence-electron chi connectivity index (χ3n) is 2.88. The quantitative estimate of drug-likeness (QED) is 0.756. The molecule has 0 saturated heterocycles. The van der Waals surface area contributed by atoms with Crippen molar-refractivity contribution in [3.05, 3.63) is 28.0 Å². The fraction of sp³-hybridized carbons (Fsp3) is 0.500. The van der Waals surface area contributed by atoms with Crippen LogP contribution in [-0.4, -0.2) is 6.04 Å². The molecule has 0 spiro atoms. The Balaban J connectivity index is 2.82. The van der Waals surface area contributed by atoms with Crippen molar-refractivity contribution in [1.82, 2.24) is 0 Å². The topological polar surface area (TPSA) is 12.0 Å². The average Bonchev–Trinajstić information content (AvgIpc) is 2.24. The molecule has 1 N–H and O–H groups in total. The van der Waals surface area contributed by atoms with Crippen LogP contribution in [0.4, 0.5) is 10.1 Å². The Morgan fingerprint density at radius 3 is 2.19 bits per heavy atom. The van der Waals surface area contributed by atoms with Crippen molar-refractivity contribution < 1.29 is 4.39 Å². The van der Waals surface area contributed by atoms with Gasteiger partial charge in [0.05, 0.1) is 10.0 Å². The summed E-state index contributed by atoms with van der Waals surface area (Å²) < 4.78 is 13.2. The summed E-state index contributed by atoms with van der Waals surface area (Å²) in [5, 5.41) is 3.36. The highest BCUT2D eigenvalue weighted by Gasteiger charge is 2.12. The largest absolute Gasteiger partial charge is 0.382 e. The summed E-state index contributed by atoms with van der Waals surface area (Å²) in [4.78, 5) is 0. The monoisotopic (exact) mass is 263 g/mol. The maximum atomic E-state index is 13.2. The lowest BCUT2D eigenvalue weighted by molar-refractivity contribution is 0.494. The van der Waals surface area contributed by atoms with E-state index in [-0.39, 0.29) is 10.0 Å². The van der Waals surface area contributed by atoms with Gasteiger partial charge in [-0.3, -0.25) is 0 Å². The summed E-state index contributed by atoms with van der Waals surface area (Å²) in [7, 11) is 0. The molecule has 1 nitrogen and oxygen atoms in total. The van der Waals surface area contributed by atoms with Crippen LogP contribution in [0.3, 0.4) is 0 Å². The zero-order chi connectivity index (χ0) is 12.3. The second-order valence-corrected chi connectivity index (χ2v) is 4.89. The van der Waals surface area contributed by atoms with E-state index in [0.29, 0.717) is 12.0 Å². The lowest BCUT2D eigenvalue weighted by Gasteiger charge is -2.21. The van der Waals surface area contributed by atoms with Gasteiger partial charge in [0.1, 0.15) is 0 Å². The van der Waals surface area contributed by atoms with Crippen LogP contribution in [0.5, 0.6) is 0 Å². The Morgan fingerprint density at radius 1 is 1.25 bits per heavy atom. The van der Waals surface area contributed by atoms with Crippen LogP contribution >= 0.6 is 23.2 Å². The Hall–Kier alpha value is -0.470. The molecule has 1 aromatic rings. The van der Waals surface area contributed by atoms with E-state index in [4.69, 9.17) is 23.2 Å². The molecule has 1 rings (SSSR count). The fourth-order valence-corrected chi connectivity index (χ4v) is 1.88. The molecule has 0 saturated carbocycles. The van der Waals surface area contributed by atoms with E-state index in [1.54, 1.807) is 12.1 Å². The van der Waals surface area contributed by atoms with Gasteiger partial charge in [-0.1, -0.05) is 43.5 Å². The van der Waals surface area contributed by atoms with Crippen molar-refractivity contribution in [2.45, 2.75) is 33.2 Å². The molecule has 0 bridgehead atoms. The Bertz CT molecular complexity index is 345. The number of anilines is 1. The van der Waals surface area contributed by atoms with E-state index in [1.807, 2.05) is 0 Å². The smallest absolute Gasteiger partial charge is 0.160 e. The second-order valence-electron chi connectivity index (χ2n) is 4.07. The van der Waals surface area contributed by atoms with Crippen molar-refractivity contribution >= 4 is 28.9 Å². The standard InChI is InChI=1S/C12H16Cl2FN/c1-4-7(2)8(3)16-9-5-10(13)12(15)11(14)6-9/h5-8,16H,4H2,1-3H3. The average molecular weight is 264 g/mol.